The molecule has 0 radical (unpaired) electrons. The number of hydrogen-bond acceptors (Lipinski definition) is 4. The van der Waals surface area contributed by atoms with Crippen molar-refractivity contribution in [3.8, 4) is 0 Å². The van der Waals surface area contributed by atoms with Crippen LogP contribution < -0.4 is 5.32 Å². The summed E-state index contributed by atoms with van der Waals surface area (Å²) in [6.45, 7) is 4.84. The normalized spacial score (nSPS) is 10.9. The number of hydrogen-bond donors (Lipinski definition) is 1. The van der Waals surface area contributed by atoms with Crippen LogP contribution in [-0.2, 0) is 13.5 Å². The Morgan fingerprint density at radius 1 is 1.53 bits per heavy atom. The molecule has 0 fully saturated rings. The first-order valence-electron chi connectivity index (χ1n) is 6.27. The standard InChI is InChI=1S/C13H18N4OS/c1-9(2)13-16-10(8-19-13)4-5-15-12(18)11-14-6-7-17(11)3/h6-9H,4-5H2,1-3H3,(H,15,18). The van der Waals surface area contributed by atoms with Gasteiger partial charge in [0.1, 0.15) is 0 Å². The Hall–Kier alpha value is -1.69. The lowest BCUT2D eigenvalue weighted by Crippen LogP contribution is -2.28. The maximum atomic E-state index is 11.8. The Morgan fingerprint density at radius 3 is 2.89 bits per heavy atom. The van der Waals surface area contributed by atoms with Gasteiger partial charge in [-0.2, -0.15) is 0 Å². The molecule has 0 atom stereocenters. The fraction of sp³-hybridized carbons (Fsp3) is 0.462. The van der Waals surface area contributed by atoms with Crippen LogP contribution in [0, 0.1) is 0 Å². The van der Waals surface area contributed by atoms with Crippen molar-refractivity contribution in [3.63, 3.8) is 0 Å². The summed E-state index contributed by atoms with van der Waals surface area (Å²) < 4.78 is 1.70. The van der Waals surface area contributed by atoms with Crippen LogP contribution in [0.2, 0.25) is 0 Å². The topological polar surface area (TPSA) is 59.8 Å². The lowest BCUT2D eigenvalue weighted by molar-refractivity contribution is 0.0940. The predicted molar refractivity (Wildman–Crippen MR) is 75.4 cm³/mol. The second kappa shape index (κ2) is 5.97. The first kappa shape index (κ1) is 13.7. The highest BCUT2D eigenvalue weighted by molar-refractivity contribution is 7.09. The minimum atomic E-state index is -0.146. The van der Waals surface area contributed by atoms with E-state index in [9.17, 15) is 4.79 Å². The van der Waals surface area contributed by atoms with E-state index < -0.39 is 0 Å². The lowest BCUT2D eigenvalue weighted by Gasteiger charge is -2.03. The van der Waals surface area contributed by atoms with Gasteiger partial charge in [0.25, 0.3) is 5.91 Å². The minimum absolute atomic E-state index is 0.146. The maximum Gasteiger partial charge on any atom is 0.287 e. The van der Waals surface area contributed by atoms with Crippen LogP contribution in [-0.4, -0.2) is 27.0 Å². The zero-order chi connectivity index (χ0) is 13.8. The molecule has 6 heteroatoms. The van der Waals surface area contributed by atoms with Gasteiger partial charge in [-0.3, -0.25) is 4.79 Å². The van der Waals surface area contributed by atoms with Gasteiger partial charge in [0.2, 0.25) is 0 Å². The highest BCUT2D eigenvalue weighted by atomic mass is 32.1. The third-order valence-corrected chi connectivity index (χ3v) is 3.95. The van der Waals surface area contributed by atoms with Crippen molar-refractivity contribution < 1.29 is 4.79 Å². The molecule has 0 aliphatic heterocycles. The molecule has 2 aromatic heterocycles. The lowest BCUT2D eigenvalue weighted by atomic mass is 10.2. The summed E-state index contributed by atoms with van der Waals surface area (Å²) in [5.74, 6) is 0.744. The van der Waals surface area contributed by atoms with E-state index in [0.29, 0.717) is 18.3 Å². The number of nitrogens with one attached hydrogen (secondary N) is 1. The summed E-state index contributed by atoms with van der Waals surface area (Å²) in [6.07, 6.45) is 4.12. The van der Waals surface area contributed by atoms with Crippen LogP contribution in [0.1, 0.15) is 41.1 Å². The SMILES string of the molecule is CC(C)c1nc(CCNC(=O)c2nccn2C)cs1. The van der Waals surface area contributed by atoms with Crippen molar-refractivity contribution in [1.82, 2.24) is 19.9 Å². The molecule has 0 saturated heterocycles. The van der Waals surface area contributed by atoms with E-state index in [-0.39, 0.29) is 5.91 Å². The van der Waals surface area contributed by atoms with Crippen LogP contribution in [0.4, 0.5) is 0 Å². The van der Waals surface area contributed by atoms with Gasteiger partial charge in [0.05, 0.1) is 10.7 Å². The number of imidazole rings is 1. The number of nitrogens with zero attached hydrogens (tertiary/aromatic N) is 3. The van der Waals surface area contributed by atoms with Gasteiger partial charge >= 0.3 is 0 Å². The zero-order valence-electron chi connectivity index (χ0n) is 11.4. The number of aryl methyl sites for hydroxylation is 1. The zero-order valence-corrected chi connectivity index (χ0v) is 12.2. The monoisotopic (exact) mass is 278 g/mol. The molecule has 19 heavy (non-hydrogen) atoms. The van der Waals surface area contributed by atoms with Crippen molar-refractivity contribution >= 4 is 17.2 Å². The molecule has 2 heterocycles. The predicted octanol–water partition coefficient (Wildman–Crippen LogP) is 1.97. The van der Waals surface area contributed by atoms with E-state index in [1.54, 1.807) is 35.3 Å². The van der Waals surface area contributed by atoms with Gasteiger partial charge in [-0.25, -0.2) is 9.97 Å². The van der Waals surface area contributed by atoms with E-state index in [1.165, 1.54) is 0 Å². The number of carbonyl (C=O) groups excluding carboxylic acids is 1. The van der Waals surface area contributed by atoms with Crippen molar-refractivity contribution in [3.05, 3.63) is 34.3 Å². The van der Waals surface area contributed by atoms with Crippen LogP contribution in [0.5, 0.6) is 0 Å². The molecule has 0 unspecified atom stereocenters. The number of amides is 1. The highest BCUT2D eigenvalue weighted by Gasteiger charge is 2.10. The first-order chi connectivity index (χ1) is 9.08. The molecular weight excluding hydrogens is 260 g/mol. The average molecular weight is 278 g/mol. The van der Waals surface area contributed by atoms with Crippen LogP contribution >= 0.6 is 11.3 Å². The van der Waals surface area contributed by atoms with Gasteiger partial charge in [0.15, 0.2) is 5.82 Å². The Labute approximate surface area is 116 Å². The quantitative estimate of drug-likeness (QED) is 0.909. The Balaban J connectivity index is 1.83. The summed E-state index contributed by atoms with van der Waals surface area (Å²) in [7, 11) is 1.80. The summed E-state index contributed by atoms with van der Waals surface area (Å²) in [5.41, 5.74) is 1.04. The molecule has 2 aromatic rings. The minimum Gasteiger partial charge on any atom is -0.349 e. The number of thiazole rings is 1. The molecule has 0 bridgehead atoms. The molecule has 2 rings (SSSR count). The number of carbonyl (C=O) groups is 1. The molecule has 0 aliphatic carbocycles. The Bertz CT molecular complexity index is 558. The first-order valence-corrected chi connectivity index (χ1v) is 7.15. The van der Waals surface area contributed by atoms with Gasteiger partial charge in [-0.1, -0.05) is 13.8 Å². The fourth-order valence-electron chi connectivity index (χ4n) is 1.67. The maximum absolute atomic E-state index is 11.8. The van der Waals surface area contributed by atoms with E-state index in [0.717, 1.165) is 17.1 Å². The average Bonchev–Trinajstić information content (AvgIpc) is 2.97. The van der Waals surface area contributed by atoms with Crippen molar-refractivity contribution in [2.24, 2.45) is 7.05 Å². The number of aromatic nitrogens is 3. The van der Waals surface area contributed by atoms with E-state index in [1.807, 2.05) is 0 Å². The van der Waals surface area contributed by atoms with Crippen molar-refractivity contribution in [2.45, 2.75) is 26.2 Å². The smallest absolute Gasteiger partial charge is 0.287 e. The van der Waals surface area contributed by atoms with Gasteiger partial charge in [0, 0.05) is 43.7 Å². The molecular formula is C13H18N4OS. The summed E-state index contributed by atoms with van der Waals surface area (Å²) in [6, 6.07) is 0. The van der Waals surface area contributed by atoms with E-state index in [4.69, 9.17) is 0 Å². The Morgan fingerprint density at radius 2 is 2.32 bits per heavy atom. The molecule has 1 amide bonds. The third kappa shape index (κ3) is 3.41. The van der Waals surface area contributed by atoms with E-state index >= 15 is 0 Å². The second-order valence-corrected chi connectivity index (χ2v) is 5.59. The second-order valence-electron chi connectivity index (χ2n) is 4.70. The summed E-state index contributed by atoms with van der Waals surface area (Å²) >= 11 is 1.68. The molecule has 102 valence electrons. The fourth-order valence-corrected chi connectivity index (χ4v) is 2.54. The van der Waals surface area contributed by atoms with Gasteiger partial charge in [-0.05, 0) is 0 Å². The molecule has 5 nitrogen and oxygen atoms in total. The molecule has 1 N–H and O–H groups in total. The molecule has 0 spiro atoms. The van der Waals surface area contributed by atoms with Gasteiger partial charge < -0.3 is 9.88 Å². The summed E-state index contributed by atoms with van der Waals surface area (Å²) in [5, 5.41) is 6.06. The third-order valence-electron chi connectivity index (χ3n) is 2.75. The largest absolute Gasteiger partial charge is 0.349 e. The Kier molecular flexibility index (Phi) is 4.31. The highest BCUT2D eigenvalue weighted by Crippen LogP contribution is 2.19. The molecule has 0 aliphatic rings. The molecule has 0 aromatic carbocycles. The van der Waals surface area contributed by atoms with Crippen molar-refractivity contribution in [1.29, 1.82) is 0 Å². The molecule has 0 saturated carbocycles. The van der Waals surface area contributed by atoms with Crippen LogP contribution in [0.3, 0.4) is 0 Å². The number of rotatable bonds is 5. The van der Waals surface area contributed by atoms with Gasteiger partial charge in [-0.15, -0.1) is 11.3 Å². The van der Waals surface area contributed by atoms with Crippen molar-refractivity contribution in [2.75, 3.05) is 6.54 Å². The van der Waals surface area contributed by atoms with E-state index in [2.05, 4.69) is 34.5 Å². The summed E-state index contributed by atoms with van der Waals surface area (Å²) in [4.78, 5) is 20.4. The van der Waals surface area contributed by atoms with Crippen LogP contribution in [0.25, 0.3) is 0 Å². The van der Waals surface area contributed by atoms with Crippen LogP contribution in [0.15, 0.2) is 17.8 Å².